The molecule has 1 aromatic carbocycles. The fraction of sp³-hybridized carbons (Fsp3) is 0.455. The molecule has 15 heavy (non-hydrogen) atoms. The molecule has 0 aliphatic carbocycles. The number of alkyl halides is 3. The highest BCUT2D eigenvalue weighted by molar-refractivity contribution is 5.22. The van der Waals surface area contributed by atoms with E-state index >= 15 is 0 Å². The number of aliphatic hydroxyl groups excluding tert-OH is 1. The number of hydrogen-bond donors (Lipinski definition) is 1. The summed E-state index contributed by atoms with van der Waals surface area (Å²) in [6, 6.07) is 7.12. The molecule has 0 aliphatic rings. The summed E-state index contributed by atoms with van der Waals surface area (Å²) in [6.45, 7) is 1.86. The number of rotatable bonds is 3. The molecule has 0 amide bonds. The molecule has 0 heterocycles. The van der Waals surface area contributed by atoms with Crippen molar-refractivity contribution in [2.75, 3.05) is 0 Å². The summed E-state index contributed by atoms with van der Waals surface area (Å²) in [5.74, 6) is 0. The number of aryl methyl sites for hydroxylation is 1. The first-order valence-electron chi connectivity index (χ1n) is 4.67. The fourth-order valence-corrected chi connectivity index (χ4v) is 1.45. The highest BCUT2D eigenvalue weighted by atomic mass is 19.4. The Morgan fingerprint density at radius 3 is 2.53 bits per heavy atom. The SMILES string of the molecule is Cc1cccc(CC(O)CC(F)(F)F)c1. The summed E-state index contributed by atoms with van der Waals surface area (Å²) in [6.07, 6.45) is -6.77. The van der Waals surface area contributed by atoms with Crippen molar-refractivity contribution in [3.63, 3.8) is 0 Å². The van der Waals surface area contributed by atoms with E-state index in [2.05, 4.69) is 0 Å². The summed E-state index contributed by atoms with van der Waals surface area (Å²) in [5.41, 5.74) is 1.71. The predicted molar refractivity (Wildman–Crippen MR) is 51.6 cm³/mol. The number of benzene rings is 1. The van der Waals surface area contributed by atoms with Gasteiger partial charge in [-0.05, 0) is 18.9 Å². The van der Waals surface area contributed by atoms with E-state index in [-0.39, 0.29) is 6.42 Å². The van der Waals surface area contributed by atoms with Crippen LogP contribution in [0, 0.1) is 6.92 Å². The summed E-state index contributed by atoms with van der Waals surface area (Å²) in [4.78, 5) is 0. The minimum absolute atomic E-state index is 0.0428. The van der Waals surface area contributed by atoms with Crippen LogP contribution in [0.5, 0.6) is 0 Å². The summed E-state index contributed by atoms with van der Waals surface area (Å²) in [5, 5.41) is 9.21. The van der Waals surface area contributed by atoms with Crippen LogP contribution in [0.1, 0.15) is 17.5 Å². The Morgan fingerprint density at radius 1 is 1.33 bits per heavy atom. The average Bonchev–Trinajstić information content (AvgIpc) is 1.99. The third kappa shape index (κ3) is 4.83. The lowest BCUT2D eigenvalue weighted by molar-refractivity contribution is -0.153. The second kappa shape index (κ2) is 4.66. The molecule has 0 saturated heterocycles. The van der Waals surface area contributed by atoms with E-state index in [1.807, 2.05) is 13.0 Å². The van der Waals surface area contributed by atoms with Gasteiger partial charge in [0.15, 0.2) is 0 Å². The standard InChI is InChI=1S/C11H13F3O/c1-8-3-2-4-9(5-8)6-10(15)7-11(12,13)14/h2-5,10,15H,6-7H2,1H3. The number of halogens is 3. The molecule has 1 atom stereocenters. The molecule has 0 radical (unpaired) electrons. The Labute approximate surface area is 86.5 Å². The molecule has 4 heteroatoms. The third-order valence-corrected chi connectivity index (χ3v) is 2.02. The van der Waals surface area contributed by atoms with Crippen LogP contribution in [0.2, 0.25) is 0 Å². The van der Waals surface area contributed by atoms with Gasteiger partial charge < -0.3 is 5.11 Å². The smallest absolute Gasteiger partial charge is 0.391 e. The Hall–Kier alpha value is -1.03. The van der Waals surface area contributed by atoms with Crippen LogP contribution in [0.3, 0.4) is 0 Å². The lowest BCUT2D eigenvalue weighted by Crippen LogP contribution is -2.21. The molecule has 0 fully saturated rings. The van der Waals surface area contributed by atoms with E-state index in [0.29, 0.717) is 0 Å². The molecule has 1 nitrogen and oxygen atoms in total. The molecule has 1 rings (SSSR count). The van der Waals surface area contributed by atoms with E-state index < -0.39 is 18.7 Å². The molecule has 1 aromatic rings. The van der Waals surface area contributed by atoms with Gasteiger partial charge in [-0.15, -0.1) is 0 Å². The van der Waals surface area contributed by atoms with Crippen LogP contribution in [0.4, 0.5) is 13.2 Å². The maximum atomic E-state index is 11.9. The van der Waals surface area contributed by atoms with Crippen molar-refractivity contribution in [3.05, 3.63) is 35.4 Å². The van der Waals surface area contributed by atoms with Gasteiger partial charge in [0.1, 0.15) is 0 Å². The van der Waals surface area contributed by atoms with Gasteiger partial charge in [-0.1, -0.05) is 29.8 Å². The average molecular weight is 218 g/mol. The molecule has 0 aromatic heterocycles. The maximum absolute atomic E-state index is 11.9. The zero-order valence-electron chi connectivity index (χ0n) is 8.38. The lowest BCUT2D eigenvalue weighted by Gasteiger charge is -2.13. The van der Waals surface area contributed by atoms with Crippen LogP contribution >= 0.6 is 0 Å². The lowest BCUT2D eigenvalue weighted by atomic mass is 10.0. The first-order valence-corrected chi connectivity index (χ1v) is 4.67. The van der Waals surface area contributed by atoms with Gasteiger partial charge in [0.05, 0.1) is 12.5 Å². The highest BCUT2D eigenvalue weighted by Crippen LogP contribution is 2.23. The number of aliphatic hydroxyl groups is 1. The summed E-state index contributed by atoms with van der Waals surface area (Å²) in [7, 11) is 0. The molecule has 0 bridgehead atoms. The van der Waals surface area contributed by atoms with Gasteiger partial charge in [-0.25, -0.2) is 0 Å². The van der Waals surface area contributed by atoms with Crippen molar-refractivity contribution in [3.8, 4) is 0 Å². The fourth-order valence-electron chi connectivity index (χ4n) is 1.45. The minimum atomic E-state index is -4.30. The maximum Gasteiger partial charge on any atom is 0.391 e. The van der Waals surface area contributed by atoms with Crippen LogP contribution < -0.4 is 0 Å². The van der Waals surface area contributed by atoms with Gasteiger partial charge in [-0.2, -0.15) is 13.2 Å². The zero-order chi connectivity index (χ0) is 11.5. The normalized spacial score (nSPS) is 13.9. The zero-order valence-corrected chi connectivity index (χ0v) is 8.38. The van der Waals surface area contributed by atoms with Gasteiger partial charge in [-0.3, -0.25) is 0 Å². The summed E-state index contributed by atoms with van der Waals surface area (Å²) >= 11 is 0. The molecule has 0 saturated carbocycles. The van der Waals surface area contributed by atoms with E-state index in [9.17, 15) is 18.3 Å². The second-order valence-electron chi connectivity index (χ2n) is 3.67. The largest absolute Gasteiger partial charge is 0.392 e. The number of hydrogen-bond acceptors (Lipinski definition) is 1. The summed E-state index contributed by atoms with van der Waals surface area (Å²) < 4.78 is 35.8. The molecule has 1 unspecified atom stereocenters. The minimum Gasteiger partial charge on any atom is -0.392 e. The van der Waals surface area contributed by atoms with Gasteiger partial charge in [0, 0.05) is 0 Å². The molecule has 0 aliphatic heterocycles. The van der Waals surface area contributed by atoms with E-state index in [0.717, 1.165) is 11.1 Å². The van der Waals surface area contributed by atoms with Gasteiger partial charge >= 0.3 is 6.18 Å². The van der Waals surface area contributed by atoms with Crippen molar-refractivity contribution >= 4 is 0 Å². The molecule has 84 valence electrons. The topological polar surface area (TPSA) is 20.2 Å². The first-order chi connectivity index (χ1) is 6.87. The molecule has 1 N–H and O–H groups in total. The first kappa shape index (κ1) is 12.0. The molecule has 0 spiro atoms. The van der Waals surface area contributed by atoms with Crippen LogP contribution in [-0.4, -0.2) is 17.4 Å². The van der Waals surface area contributed by atoms with Crippen molar-refractivity contribution in [1.82, 2.24) is 0 Å². The third-order valence-electron chi connectivity index (χ3n) is 2.02. The van der Waals surface area contributed by atoms with Crippen molar-refractivity contribution in [2.45, 2.75) is 32.0 Å². The second-order valence-corrected chi connectivity index (χ2v) is 3.67. The Balaban J connectivity index is 2.55. The Morgan fingerprint density at radius 2 is 2.00 bits per heavy atom. The van der Waals surface area contributed by atoms with E-state index in [4.69, 9.17) is 0 Å². The van der Waals surface area contributed by atoms with Crippen molar-refractivity contribution < 1.29 is 18.3 Å². The van der Waals surface area contributed by atoms with Crippen LogP contribution in [0.15, 0.2) is 24.3 Å². The Kier molecular flexibility index (Phi) is 3.74. The molecular formula is C11H13F3O. The predicted octanol–water partition coefficient (Wildman–Crippen LogP) is 2.85. The monoisotopic (exact) mass is 218 g/mol. The van der Waals surface area contributed by atoms with Gasteiger partial charge in [0.25, 0.3) is 0 Å². The quantitative estimate of drug-likeness (QED) is 0.827. The van der Waals surface area contributed by atoms with E-state index in [1.54, 1.807) is 18.2 Å². The molecular weight excluding hydrogens is 205 g/mol. The van der Waals surface area contributed by atoms with Gasteiger partial charge in [0.2, 0.25) is 0 Å². The van der Waals surface area contributed by atoms with Crippen LogP contribution in [0.25, 0.3) is 0 Å². The van der Waals surface area contributed by atoms with Crippen molar-refractivity contribution in [1.29, 1.82) is 0 Å². The Bertz CT molecular complexity index is 320. The highest BCUT2D eigenvalue weighted by Gasteiger charge is 2.30. The van der Waals surface area contributed by atoms with E-state index in [1.165, 1.54) is 0 Å². The van der Waals surface area contributed by atoms with Crippen LogP contribution in [-0.2, 0) is 6.42 Å². The van der Waals surface area contributed by atoms with Crippen molar-refractivity contribution in [2.24, 2.45) is 0 Å².